The van der Waals surface area contributed by atoms with Crippen LogP contribution in [0.15, 0.2) is 60.8 Å². The largest absolute Gasteiger partial charge is 0.472 e. The molecule has 0 aliphatic rings. The van der Waals surface area contributed by atoms with Crippen molar-refractivity contribution in [2.45, 2.75) is 168 Å². The molecule has 0 heterocycles. The molecular weight excluding hydrogens is 651 g/mol. The van der Waals surface area contributed by atoms with Gasteiger partial charge in [0.2, 0.25) is 0 Å². The van der Waals surface area contributed by atoms with Gasteiger partial charge in [-0.25, -0.2) is 4.57 Å². The molecule has 0 saturated carbocycles. The van der Waals surface area contributed by atoms with E-state index in [-0.39, 0.29) is 32.0 Å². The SMILES string of the molecule is CC/C=C\C/C=C\C/C=C\C/C=C\C/C=C\CCCC(=O)OC(COC(=O)CCCCCCCCCCCCCCC)COP(=O)(O)OCC. The summed E-state index contributed by atoms with van der Waals surface area (Å²) in [6.07, 6.45) is 42.8. The molecule has 8 nitrogen and oxygen atoms in total. The van der Waals surface area contributed by atoms with Gasteiger partial charge < -0.3 is 14.4 Å². The van der Waals surface area contributed by atoms with Gasteiger partial charge in [-0.1, -0.05) is 152 Å². The average Bonchev–Trinajstić information content (AvgIpc) is 3.09. The average molecular weight is 723 g/mol. The van der Waals surface area contributed by atoms with Gasteiger partial charge in [0.05, 0.1) is 13.2 Å². The van der Waals surface area contributed by atoms with E-state index in [1.54, 1.807) is 6.92 Å². The van der Waals surface area contributed by atoms with Gasteiger partial charge in [-0.05, 0) is 58.3 Å². The number of hydrogen-bond acceptors (Lipinski definition) is 7. The normalized spacial score (nSPS) is 14.1. The zero-order valence-electron chi connectivity index (χ0n) is 31.8. The number of esters is 2. The molecule has 2 atom stereocenters. The minimum absolute atomic E-state index is 0.0118. The van der Waals surface area contributed by atoms with Crippen molar-refractivity contribution in [1.82, 2.24) is 0 Å². The van der Waals surface area contributed by atoms with Crippen LogP contribution in [0.1, 0.15) is 162 Å². The monoisotopic (exact) mass is 722 g/mol. The fourth-order valence-corrected chi connectivity index (χ4v) is 5.77. The molecular formula is C41H71O8P. The van der Waals surface area contributed by atoms with E-state index in [1.807, 2.05) is 6.08 Å². The molecule has 288 valence electrons. The number of hydrogen-bond donors (Lipinski definition) is 1. The van der Waals surface area contributed by atoms with E-state index >= 15 is 0 Å². The summed E-state index contributed by atoms with van der Waals surface area (Å²) in [6, 6.07) is 0. The minimum Gasteiger partial charge on any atom is -0.462 e. The summed E-state index contributed by atoms with van der Waals surface area (Å²) >= 11 is 0. The smallest absolute Gasteiger partial charge is 0.462 e. The van der Waals surface area contributed by atoms with Crippen molar-refractivity contribution < 1.29 is 37.6 Å². The Hall–Kier alpha value is -2.25. The molecule has 0 rings (SSSR count). The van der Waals surface area contributed by atoms with Crippen LogP contribution in [-0.2, 0) is 32.7 Å². The lowest BCUT2D eigenvalue weighted by molar-refractivity contribution is -0.161. The standard InChI is InChI=1S/C41H71O8P/c1-4-7-9-11-13-15-17-19-20-21-22-24-26-28-30-32-34-36-41(43)49-39(38-48-50(44,45)47-6-3)37-46-40(42)35-33-31-29-27-25-23-18-16-14-12-10-8-5-2/h7,9,13,15,19-20,22,24,28,30,39H,4-6,8,10-12,14,16-18,21,23,25-27,29,31-38H2,1-3H3,(H,44,45)/b9-7-,15-13-,20-19-,24-22-,30-28-. The number of allylic oxidation sites excluding steroid dienone is 10. The Kier molecular flexibility index (Phi) is 34.9. The van der Waals surface area contributed by atoms with Gasteiger partial charge in [-0.15, -0.1) is 0 Å². The first-order chi connectivity index (χ1) is 24.3. The Morgan fingerprint density at radius 1 is 0.560 bits per heavy atom. The van der Waals surface area contributed by atoms with Crippen molar-refractivity contribution in [1.29, 1.82) is 0 Å². The fraction of sp³-hybridized carbons (Fsp3) is 0.707. The summed E-state index contributed by atoms with van der Waals surface area (Å²) in [7, 11) is -4.29. The van der Waals surface area contributed by atoms with Crippen molar-refractivity contribution >= 4 is 19.8 Å². The molecule has 1 N–H and O–H groups in total. The Balaban J connectivity index is 4.25. The molecule has 0 amide bonds. The van der Waals surface area contributed by atoms with E-state index in [2.05, 4.69) is 68.5 Å². The van der Waals surface area contributed by atoms with Crippen LogP contribution >= 0.6 is 7.82 Å². The summed E-state index contributed by atoms with van der Waals surface area (Å²) in [5, 5.41) is 0. The number of phosphoric acid groups is 1. The van der Waals surface area contributed by atoms with Crippen molar-refractivity contribution in [3.05, 3.63) is 60.8 Å². The third-order valence-corrected chi connectivity index (χ3v) is 8.90. The topological polar surface area (TPSA) is 108 Å². The third-order valence-electron chi connectivity index (χ3n) is 7.84. The molecule has 0 aromatic heterocycles. The molecule has 0 aromatic carbocycles. The summed E-state index contributed by atoms with van der Waals surface area (Å²) in [5.74, 6) is -0.868. The maximum absolute atomic E-state index is 12.5. The van der Waals surface area contributed by atoms with Gasteiger partial charge in [0.25, 0.3) is 0 Å². The number of unbranched alkanes of at least 4 members (excludes halogenated alkanes) is 13. The van der Waals surface area contributed by atoms with Crippen LogP contribution in [0.25, 0.3) is 0 Å². The number of carbonyl (C=O) groups is 2. The van der Waals surface area contributed by atoms with Gasteiger partial charge in [-0.2, -0.15) is 0 Å². The first kappa shape index (κ1) is 47.8. The Morgan fingerprint density at radius 2 is 1.02 bits per heavy atom. The number of carbonyl (C=O) groups excluding carboxylic acids is 2. The van der Waals surface area contributed by atoms with Crippen molar-refractivity contribution in [2.24, 2.45) is 0 Å². The molecule has 9 heteroatoms. The van der Waals surface area contributed by atoms with Crippen LogP contribution in [0.3, 0.4) is 0 Å². The van der Waals surface area contributed by atoms with Gasteiger partial charge in [0.15, 0.2) is 6.10 Å². The molecule has 0 spiro atoms. The van der Waals surface area contributed by atoms with Crippen molar-refractivity contribution in [2.75, 3.05) is 19.8 Å². The lowest BCUT2D eigenvalue weighted by atomic mass is 10.0. The molecule has 0 bridgehead atoms. The van der Waals surface area contributed by atoms with Crippen LogP contribution in [-0.4, -0.2) is 42.8 Å². The Morgan fingerprint density at radius 3 is 1.52 bits per heavy atom. The maximum atomic E-state index is 12.5. The summed E-state index contributed by atoms with van der Waals surface area (Å²) in [6.45, 7) is 5.28. The fourth-order valence-electron chi connectivity index (χ4n) is 5.02. The lowest BCUT2D eigenvalue weighted by Crippen LogP contribution is -2.29. The lowest BCUT2D eigenvalue weighted by Gasteiger charge is -2.19. The second-order valence-corrected chi connectivity index (χ2v) is 14.0. The number of ether oxygens (including phenoxy) is 2. The molecule has 0 saturated heterocycles. The Bertz CT molecular complexity index is 1000. The summed E-state index contributed by atoms with van der Waals surface area (Å²) < 4.78 is 32.5. The molecule has 2 unspecified atom stereocenters. The summed E-state index contributed by atoms with van der Waals surface area (Å²) in [5.41, 5.74) is 0. The second kappa shape index (κ2) is 36.5. The highest BCUT2D eigenvalue weighted by atomic mass is 31.2. The molecule has 0 aromatic rings. The molecule has 50 heavy (non-hydrogen) atoms. The first-order valence-electron chi connectivity index (χ1n) is 19.6. The van der Waals surface area contributed by atoms with Gasteiger partial charge in [0.1, 0.15) is 6.61 Å². The van der Waals surface area contributed by atoms with Crippen LogP contribution in [0.5, 0.6) is 0 Å². The number of rotatable bonds is 35. The van der Waals surface area contributed by atoms with E-state index in [0.29, 0.717) is 12.8 Å². The van der Waals surface area contributed by atoms with E-state index in [9.17, 15) is 19.0 Å². The van der Waals surface area contributed by atoms with Crippen LogP contribution < -0.4 is 0 Å². The van der Waals surface area contributed by atoms with Gasteiger partial charge in [0, 0.05) is 12.8 Å². The van der Waals surface area contributed by atoms with Crippen molar-refractivity contribution in [3.63, 3.8) is 0 Å². The van der Waals surface area contributed by atoms with Gasteiger partial charge >= 0.3 is 19.8 Å². The van der Waals surface area contributed by atoms with Crippen LogP contribution in [0.2, 0.25) is 0 Å². The van der Waals surface area contributed by atoms with E-state index < -0.39 is 26.5 Å². The first-order valence-corrected chi connectivity index (χ1v) is 21.1. The van der Waals surface area contributed by atoms with Crippen molar-refractivity contribution in [3.8, 4) is 0 Å². The predicted octanol–water partition coefficient (Wildman–Crippen LogP) is 12.0. The molecule has 0 radical (unpaired) electrons. The van der Waals surface area contributed by atoms with Crippen LogP contribution in [0, 0.1) is 0 Å². The summed E-state index contributed by atoms with van der Waals surface area (Å²) in [4.78, 5) is 34.6. The highest BCUT2D eigenvalue weighted by Gasteiger charge is 2.25. The van der Waals surface area contributed by atoms with Gasteiger partial charge in [-0.3, -0.25) is 18.6 Å². The maximum Gasteiger partial charge on any atom is 0.472 e. The number of phosphoric ester groups is 1. The quantitative estimate of drug-likeness (QED) is 0.0298. The highest BCUT2D eigenvalue weighted by molar-refractivity contribution is 7.47. The predicted molar refractivity (Wildman–Crippen MR) is 207 cm³/mol. The van der Waals surface area contributed by atoms with E-state index in [0.717, 1.165) is 51.4 Å². The molecule has 0 fully saturated rings. The highest BCUT2D eigenvalue weighted by Crippen LogP contribution is 2.43. The Labute approximate surface area is 305 Å². The zero-order valence-corrected chi connectivity index (χ0v) is 32.7. The van der Waals surface area contributed by atoms with E-state index in [1.165, 1.54) is 64.2 Å². The van der Waals surface area contributed by atoms with Crippen LogP contribution in [0.4, 0.5) is 0 Å². The second-order valence-electron chi connectivity index (χ2n) is 12.6. The third kappa shape index (κ3) is 35.6. The molecule has 0 aliphatic heterocycles. The molecule has 0 aliphatic carbocycles. The van der Waals surface area contributed by atoms with E-state index in [4.69, 9.17) is 18.5 Å². The minimum atomic E-state index is -4.29. The zero-order chi connectivity index (χ0) is 36.8.